The number of hydrogen-bond donors (Lipinski definition) is 1. The number of aliphatic carboxylic acids is 1. The maximum absolute atomic E-state index is 11.8. The van der Waals surface area contributed by atoms with Gasteiger partial charge in [-0.25, -0.2) is 0 Å². The number of carboxylic acids is 1. The van der Waals surface area contributed by atoms with Gasteiger partial charge in [-0.2, -0.15) is 0 Å². The first kappa shape index (κ1) is 16.1. The molecule has 0 saturated heterocycles. The predicted molar refractivity (Wildman–Crippen MR) is 87.4 cm³/mol. The van der Waals surface area contributed by atoms with Crippen molar-refractivity contribution in [2.24, 2.45) is 5.41 Å². The van der Waals surface area contributed by atoms with Gasteiger partial charge in [-0.1, -0.05) is 42.5 Å². The lowest BCUT2D eigenvalue weighted by atomic mass is 9.71. The maximum atomic E-state index is 11.8. The monoisotopic (exact) mass is 298 g/mol. The minimum atomic E-state index is -0.914. The molecule has 0 aliphatic heterocycles. The number of carbonyl (C=O) groups is 1. The van der Waals surface area contributed by atoms with Crippen LogP contribution in [0, 0.1) is 12.3 Å². The molecule has 2 rings (SSSR count). The van der Waals surface area contributed by atoms with Gasteiger partial charge in [0, 0.05) is 5.92 Å². The SMILES string of the molecule is COc1ccc([C@@H](c2ccccc2)C(C)(C)C(=O)O)cc1C. The fourth-order valence-corrected chi connectivity index (χ4v) is 2.88. The topological polar surface area (TPSA) is 46.5 Å². The molecule has 0 heterocycles. The zero-order chi connectivity index (χ0) is 16.3. The Kier molecular flexibility index (Phi) is 4.55. The van der Waals surface area contributed by atoms with E-state index in [-0.39, 0.29) is 5.92 Å². The van der Waals surface area contributed by atoms with Crippen molar-refractivity contribution in [3.8, 4) is 5.75 Å². The van der Waals surface area contributed by atoms with E-state index in [1.165, 1.54) is 0 Å². The lowest BCUT2D eigenvalue weighted by Crippen LogP contribution is -2.32. The van der Waals surface area contributed by atoms with Crippen LogP contribution in [-0.4, -0.2) is 18.2 Å². The van der Waals surface area contributed by atoms with Gasteiger partial charge in [-0.05, 0) is 43.5 Å². The molecule has 0 bridgehead atoms. The van der Waals surface area contributed by atoms with Crippen LogP contribution in [0.15, 0.2) is 48.5 Å². The number of rotatable bonds is 5. The second-order valence-corrected chi connectivity index (χ2v) is 6.10. The molecule has 0 unspecified atom stereocenters. The van der Waals surface area contributed by atoms with E-state index >= 15 is 0 Å². The Morgan fingerprint density at radius 3 is 2.23 bits per heavy atom. The molecule has 0 spiro atoms. The summed E-state index contributed by atoms with van der Waals surface area (Å²) in [6, 6.07) is 15.7. The summed E-state index contributed by atoms with van der Waals surface area (Å²) >= 11 is 0. The van der Waals surface area contributed by atoms with Crippen LogP contribution in [0.25, 0.3) is 0 Å². The highest BCUT2D eigenvalue weighted by molar-refractivity contribution is 5.76. The molecule has 1 N–H and O–H groups in total. The third kappa shape index (κ3) is 2.98. The fourth-order valence-electron chi connectivity index (χ4n) is 2.88. The van der Waals surface area contributed by atoms with E-state index in [1.54, 1.807) is 21.0 Å². The molecule has 0 aliphatic carbocycles. The van der Waals surface area contributed by atoms with Crippen LogP contribution in [0.4, 0.5) is 0 Å². The molecule has 2 aromatic rings. The van der Waals surface area contributed by atoms with Crippen molar-refractivity contribution in [1.82, 2.24) is 0 Å². The first-order valence-corrected chi connectivity index (χ1v) is 7.30. The second kappa shape index (κ2) is 6.22. The van der Waals surface area contributed by atoms with Gasteiger partial charge in [0.05, 0.1) is 12.5 Å². The zero-order valence-corrected chi connectivity index (χ0v) is 13.5. The molecule has 0 saturated carbocycles. The van der Waals surface area contributed by atoms with Gasteiger partial charge in [0.2, 0.25) is 0 Å². The average Bonchev–Trinajstić information content (AvgIpc) is 2.48. The van der Waals surface area contributed by atoms with E-state index in [4.69, 9.17) is 4.74 Å². The first-order chi connectivity index (χ1) is 10.4. The minimum Gasteiger partial charge on any atom is -0.496 e. The van der Waals surface area contributed by atoms with Crippen molar-refractivity contribution in [3.63, 3.8) is 0 Å². The summed E-state index contributed by atoms with van der Waals surface area (Å²) in [5, 5.41) is 9.68. The molecule has 1 atom stereocenters. The van der Waals surface area contributed by atoms with E-state index in [2.05, 4.69) is 0 Å². The number of aryl methyl sites for hydroxylation is 1. The molecule has 116 valence electrons. The molecule has 2 aromatic carbocycles. The predicted octanol–water partition coefficient (Wildman–Crippen LogP) is 4.25. The van der Waals surface area contributed by atoms with Gasteiger partial charge in [-0.15, -0.1) is 0 Å². The van der Waals surface area contributed by atoms with Gasteiger partial charge in [0.25, 0.3) is 0 Å². The Hall–Kier alpha value is -2.29. The molecule has 0 fully saturated rings. The Balaban J connectivity index is 2.59. The lowest BCUT2D eigenvalue weighted by molar-refractivity contribution is -0.147. The number of ether oxygens (including phenoxy) is 1. The highest BCUT2D eigenvalue weighted by Crippen LogP contribution is 2.42. The highest BCUT2D eigenvalue weighted by atomic mass is 16.5. The van der Waals surface area contributed by atoms with Crippen LogP contribution < -0.4 is 4.74 Å². The molecule has 0 aliphatic rings. The van der Waals surface area contributed by atoms with Crippen LogP contribution in [0.1, 0.15) is 36.5 Å². The number of benzene rings is 2. The summed E-state index contributed by atoms with van der Waals surface area (Å²) in [7, 11) is 1.64. The number of methoxy groups -OCH3 is 1. The summed E-state index contributed by atoms with van der Waals surface area (Å²) in [4.78, 5) is 11.8. The summed E-state index contributed by atoms with van der Waals surface area (Å²) in [5.41, 5.74) is 2.07. The van der Waals surface area contributed by atoms with Crippen LogP contribution in [0.3, 0.4) is 0 Å². The second-order valence-electron chi connectivity index (χ2n) is 6.10. The number of hydrogen-bond acceptors (Lipinski definition) is 2. The summed E-state index contributed by atoms with van der Waals surface area (Å²) < 4.78 is 5.30. The summed E-state index contributed by atoms with van der Waals surface area (Å²) in [6.45, 7) is 5.51. The van der Waals surface area contributed by atoms with E-state index < -0.39 is 11.4 Å². The molecule has 3 nitrogen and oxygen atoms in total. The molecule has 0 amide bonds. The summed E-state index contributed by atoms with van der Waals surface area (Å²) in [5.74, 6) is -0.227. The van der Waals surface area contributed by atoms with Crippen molar-refractivity contribution in [2.75, 3.05) is 7.11 Å². The normalized spacial score (nSPS) is 12.7. The van der Waals surface area contributed by atoms with E-state index in [0.717, 1.165) is 22.4 Å². The quantitative estimate of drug-likeness (QED) is 0.897. The van der Waals surface area contributed by atoms with E-state index in [9.17, 15) is 9.90 Å². The third-order valence-electron chi connectivity index (χ3n) is 4.16. The first-order valence-electron chi connectivity index (χ1n) is 7.30. The van der Waals surface area contributed by atoms with E-state index in [1.807, 2.05) is 55.5 Å². The van der Waals surface area contributed by atoms with E-state index in [0.29, 0.717) is 0 Å². The Morgan fingerprint density at radius 1 is 1.09 bits per heavy atom. The van der Waals surface area contributed by atoms with Crippen molar-refractivity contribution < 1.29 is 14.6 Å². The standard InChI is InChI=1S/C19H22O3/c1-13-12-15(10-11-16(13)22-4)17(19(2,3)18(20)21)14-8-6-5-7-9-14/h5-12,17H,1-4H3,(H,20,21)/t17-/m1/s1. The van der Waals surface area contributed by atoms with Crippen LogP contribution in [0.5, 0.6) is 5.75 Å². The molecule has 22 heavy (non-hydrogen) atoms. The van der Waals surface area contributed by atoms with Crippen LogP contribution in [0.2, 0.25) is 0 Å². The minimum absolute atomic E-state index is 0.226. The highest BCUT2D eigenvalue weighted by Gasteiger charge is 2.39. The Labute approximate surface area is 131 Å². The largest absolute Gasteiger partial charge is 0.496 e. The van der Waals surface area contributed by atoms with Crippen LogP contribution >= 0.6 is 0 Å². The Bertz CT molecular complexity index is 660. The van der Waals surface area contributed by atoms with Gasteiger partial charge in [0.15, 0.2) is 0 Å². The van der Waals surface area contributed by atoms with Crippen LogP contribution in [-0.2, 0) is 4.79 Å². The lowest BCUT2D eigenvalue weighted by Gasteiger charge is -2.31. The third-order valence-corrected chi connectivity index (χ3v) is 4.16. The molecule has 0 radical (unpaired) electrons. The van der Waals surface area contributed by atoms with Crippen molar-refractivity contribution in [3.05, 3.63) is 65.2 Å². The smallest absolute Gasteiger partial charge is 0.310 e. The molecular formula is C19H22O3. The average molecular weight is 298 g/mol. The molecular weight excluding hydrogens is 276 g/mol. The van der Waals surface area contributed by atoms with Crippen molar-refractivity contribution in [1.29, 1.82) is 0 Å². The van der Waals surface area contributed by atoms with Crippen molar-refractivity contribution in [2.45, 2.75) is 26.7 Å². The van der Waals surface area contributed by atoms with Crippen molar-refractivity contribution >= 4 is 5.97 Å². The zero-order valence-electron chi connectivity index (χ0n) is 13.5. The Morgan fingerprint density at radius 2 is 1.73 bits per heavy atom. The molecule has 3 heteroatoms. The van der Waals surface area contributed by atoms with Gasteiger partial charge >= 0.3 is 5.97 Å². The van der Waals surface area contributed by atoms with Gasteiger partial charge in [-0.3, -0.25) is 4.79 Å². The fraction of sp³-hybridized carbons (Fsp3) is 0.316. The van der Waals surface area contributed by atoms with Gasteiger partial charge < -0.3 is 9.84 Å². The number of carboxylic acid groups (broad SMARTS) is 1. The molecule has 0 aromatic heterocycles. The summed E-state index contributed by atoms with van der Waals surface area (Å²) in [6.07, 6.45) is 0. The van der Waals surface area contributed by atoms with Gasteiger partial charge in [0.1, 0.15) is 5.75 Å². The maximum Gasteiger partial charge on any atom is 0.310 e.